The fourth-order valence-corrected chi connectivity index (χ4v) is 3.34. The van der Waals surface area contributed by atoms with Gasteiger partial charge < -0.3 is 9.80 Å². The maximum absolute atomic E-state index is 4.73. The molecule has 6 nitrogen and oxygen atoms in total. The van der Waals surface area contributed by atoms with Crippen LogP contribution in [0.3, 0.4) is 0 Å². The number of anilines is 2. The number of aromatic nitrogens is 4. The Morgan fingerprint density at radius 1 is 0.826 bits per heavy atom. The van der Waals surface area contributed by atoms with E-state index in [0.717, 1.165) is 55.0 Å². The maximum atomic E-state index is 4.73. The standard InChI is InChI=1S/C17H22N6/c1-13-14(12-19-17(20-13)23-10-4-5-11-23)15-6-7-18-16(21-15)22-8-2-3-9-22/h6-7,12H,2-5,8-11H2,1H3. The zero-order valence-corrected chi connectivity index (χ0v) is 13.6. The summed E-state index contributed by atoms with van der Waals surface area (Å²) in [5.41, 5.74) is 2.89. The van der Waals surface area contributed by atoms with Gasteiger partial charge in [-0.05, 0) is 38.7 Å². The molecule has 0 spiro atoms. The number of rotatable bonds is 3. The summed E-state index contributed by atoms with van der Waals surface area (Å²) in [4.78, 5) is 22.9. The number of hydrogen-bond acceptors (Lipinski definition) is 6. The molecule has 0 aromatic carbocycles. The van der Waals surface area contributed by atoms with E-state index in [1.54, 1.807) is 0 Å². The number of nitrogens with zero attached hydrogens (tertiary/aromatic N) is 6. The second-order valence-electron chi connectivity index (χ2n) is 6.30. The van der Waals surface area contributed by atoms with Gasteiger partial charge in [0.05, 0.1) is 11.4 Å². The van der Waals surface area contributed by atoms with Crippen molar-refractivity contribution in [3.05, 3.63) is 24.2 Å². The van der Waals surface area contributed by atoms with Crippen LogP contribution in [0.25, 0.3) is 11.3 Å². The summed E-state index contributed by atoms with van der Waals surface area (Å²) in [6.07, 6.45) is 8.65. The second kappa shape index (κ2) is 6.10. The van der Waals surface area contributed by atoms with E-state index in [9.17, 15) is 0 Å². The molecule has 4 heterocycles. The first-order valence-corrected chi connectivity index (χ1v) is 8.48. The first-order valence-electron chi connectivity index (χ1n) is 8.48. The molecule has 6 heteroatoms. The van der Waals surface area contributed by atoms with Crippen molar-refractivity contribution in [3.8, 4) is 11.3 Å². The van der Waals surface area contributed by atoms with E-state index in [1.165, 1.54) is 25.7 Å². The van der Waals surface area contributed by atoms with E-state index in [0.29, 0.717) is 0 Å². The van der Waals surface area contributed by atoms with Crippen LogP contribution in [0, 0.1) is 6.92 Å². The normalized spacial score (nSPS) is 18.0. The third-order valence-corrected chi connectivity index (χ3v) is 4.66. The average molecular weight is 310 g/mol. The molecule has 2 saturated heterocycles. The Hall–Kier alpha value is -2.24. The molecule has 4 rings (SSSR count). The Kier molecular flexibility index (Phi) is 3.81. The fourth-order valence-electron chi connectivity index (χ4n) is 3.34. The van der Waals surface area contributed by atoms with Crippen LogP contribution in [-0.4, -0.2) is 46.1 Å². The van der Waals surface area contributed by atoms with Gasteiger partial charge in [-0.15, -0.1) is 0 Å². The molecule has 2 fully saturated rings. The van der Waals surface area contributed by atoms with Gasteiger partial charge in [0.1, 0.15) is 0 Å². The molecule has 120 valence electrons. The molecule has 0 N–H and O–H groups in total. The van der Waals surface area contributed by atoms with E-state index in [-0.39, 0.29) is 0 Å². The molecule has 2 aliphatic heterocycles. The van der Waals surface area contributed by atoms with Crippen molar-refractivity contribution in [2.75, 3.05) is 36.0 Å². The van der Waals surface area contributed by atoms with Gasteiger partial charge in [0.15, 0.2) is 0 Å². The van der Waals surface area contributed by atoms with Crippen LogP contribution in [0.2, 0.25) is 0 Å². The molecule has 0 unspecified atom stereocenters. The minimum absolute atomic E-state index is 0.822. The Morgan fingerprint density at radius 2 is 1.43 bits per heavy atom. The highest BCUT2D eigenvalue weighted by Crippen LogP contribution is 2.25. The van der Waals surface area contributed by atoms with Crippen LogP contribution in [0.1, 0.15) is 31.4 Å². The first kappa shape index (κ1) is 14.4. The van der Waals surface area contributed by atoms with Crippen LogP contribution < -0.4 is 9.80 Å². The van der Waals surface area contributed by atoms with Gasteiger partial charge in [-0.25, -0.2) is 19.9 Å². The predicted molar refractivity (Wildman–Crippen MR) is 90.7 cm³/mol. The Morgan fingerprint density at radius 3 is 2.04 bits per heavy atom. The molecule has 0 atom stereocenters. The second-order valence-corrected chi connectivity index (χ2v) is 6.30. The third-order valence-electron chi connectivity index (χ3n) is 4.66. The largest absolute Gasteiger partial charge is 0.341 e. The van der Waals surface area contributed by atoms with E-state index >= 15 is 0 Å². The molecule has 2 aromatic heterocycles. The van der Waals surface area contributed by atoms with Gasteiger partial charge >= 0.3 is 0 Å². The van der Waals surface area contributed by atoms with Crippen LogP contribution in [0.4, 0.5) is 11.9 Å². The van der Waals surface area contributed by atoms with Crippen LogP contribution in [0.15, 0.2) is 18.5 Å². The minimum atomic E-state index is 0.822. The lowest BCUT2D eigenvalue weighted by Gasteiger charge is -2.17. The molecule has 2 aliphatic rings. The lowest BCUT2D eigenvalue weighted by atomic mass is 10.2. The topological polar surface area (TPSA) is 58.0 Å². The highest BCUT2D eigenvalue weighted by Gasteiger charge is 2.18. The van der Waals surface area contributed by atoms with E-state index in [2.05, 4.69) is 19.8 Å². The highest BCUT2D eigenvalue weighted by molar-refractivity contribution is 5.62. The van der Waals surface area contributed by atoms with Gasteiger partial charge in [0.2, 0.25) is 11.9 Å². The molecular formula is C17H22N6. The van der Waals surface area contributed by atoms with Crippen molar-refractivity contribution in [2.45, 2.75) is 32.6 Å². The highest BCUT2D eigenvalue weighted by atomic mass is 15.3. The summed E-state index contributed by atoms with van der Waals surface area (Å²) in [7, 11) is 0. The quantitative estimate of drug-likeness (QED) is 0.868. The van der Waals surface area contributed by atoms with Crippen molar-refractivity contribution in [1.82, 2.24) is 19.9 Å². The Balaban J connectivity index is 1.63. The van der Waals surface area contributed by atoms with Crippen molar-refractivity contribution >= 4 is 11.9 Å². The SMILES string of the molecule is Cc1nc(N2CCCC2)ncc1-c1ccnc(N2CCCC2)n1. The molecule has 2 aromatic rings. The van der Waals surface area contributed by atoms with E-state index in [4.69, 9.17) is 9.97 Å². The van der Waals surface area contributed by atoms with Crippen molar-refractivity contribution in [2.24, 2.45) is 0 Å². The molecule has 0 bridgehead atoms. The van der Waals surface area contributed by atoms with E-state index < -0.39 is 0 Å². The molecule has 0 aliphatic carbocycles. The van der Waals surface area contributed by atoms with E-state index in [1.807, 2.05) is 25.4 Å². The number of hydrogen-bond donors (Lipinski definition) is 0. The van der Waals surface area contributed by atoms with Gasteiger partial charge in [-0.3, -0.25) is 0 Å². The smallest absolute Gasteiger partial charge is 0.225 e. The molecular weight excluding hydrogens is 288 g/mol. The third kappa shape index (κ3) is 2.85. The zero-order valence-electron chi connectivity index (χ0n) is 13.6. The summed E-state index contributed by atoms with van der Waals surface area (Å²) in [5.74, 6) is 1.67. The number of aryl methyl sites for hydroxylation is 1. The fraction of sp³-hybridized carbons (Fsp3) is 0.529. The Labute approximate surface area is 136 Å². The molecule has 23 heavy (non-hydrogen) atoms. The van der Waals surface area contributed by atoms with Crippen molar-refractivity contribution in [3.63, 3.8) is 0 Å². The van der Waals surface area contributed by atoms with Crippen molar-refractivity contribution in [1.29, 1.82) is 0 Å². The average Bonchev–Trinajstić information content (AvgIpc) is 3.28. The van der Waals surface area contributed by atoms with Crippen LogP contribution in [0.5, 0.6) is 0 Å². The zero-order chi connectivity index (χ0) is 15.6. The molecule has 0 saturated carbocycles. The lowest BCUT2D eigenvalue weighted by Crippen LogP contribution is -2.21. The van der Waals surface area contributed by atoms with Gasteiger partial charge in [-0.2, -0.15) is 0 Å². The summed E-state index contributed by atoms with van der Waals surface area (Å²) in [5, 5.41) is 0. The predicted octanol–water partition coefficient (Wildman–Crippen LogP) is 2.44. The van der Waals surface area contributed by atoms with Crippen molar-refractivity contribution < 1.29 is 0 Å². The lowest BCUT2D eigenvalue weighted by molar-refractivity contribution is 0.885. The Bertz CT molecular complexity index is 689. The van der Waals surface area contributed by atoms with Gasteiger partial charge in [0, 0.05) is 44.1 Å². The summed E-state index contributed by atoms with van der Waals surface area (Å²) in [6.45, 7) is 6.25. The molecule has 0 radical (unpaired) electrons. The first-order chi connectivity index (χ1) is 11.3. The van der Waals surface area contributed by atoms with Gasteiger partial charge in [0.25, 0.3) is 0 Å². The summed E-state index contributed by atoms with van der Waals surface area (Å²) >= 11 is 0. The monoisotopic (exact) mass is 310 g/mol. The molecule has 0 amide bonds. The maximum Gasteiger partial charge on any atom is 0.225 e. The minimum Gasteiger partial charge on any atom is -0.341 e. The summed E-state index contributed by atoms with van der Waals surface area (Å²) < 4.78 is 0. The summed E-state index contributed by atoms with van der Waals surface area (Å²) in [6, 6.07) is 1.95. The van der Waals surface area contributed by atoms with Gasteiger partial charge in [-0.1, -0.05) is 0 Å². The van der Waals surface area contributed by atoms with Crippen LogP contribution >= 0.6 is 0 Å². The van der Waals surface area contributed by atoms with Crippen LogP contribution in [-0.2, 0) is 0 Å².